The smallest absolute Gasteiger partial charge is 0.259 e. The average molecular weight is 465 g/mol. The van der Waals surface area contributed by atoms with Crippen LogP contribution >= 0.6 is 0 Å². The van der Waals surface area contributed by atoms with Gasteiger partial charge in [-0.3, -0.25) is 14.6 Å². The first-order chi connectivity index (χ1) is 16.3. The molecule has 0 aromatic carbocycles. The predicted molar refractivity (Wildman–Crippen MR) is 128 cm³/mol. The highest BCUT2D eigenvalue weighted by Gasteiger charge is 2.34. The van der Waals surface area contributed by atoms with Crippen molar-refractivity contribution in [3.8, 4) is 17.7 Å². The Morgan fingerprint density at radius 1 is 1.41 bits per heavy atom. The van der Waals surface area contributed by atoms with Gasteiger partial charge in [0, 0.05) is 50.1 Å². The van der Waals surface area contributed by atoms with Gasteiger partial charge in [0.15, 0.2) is 0 Å². The number of aliphatic hydroxyl groups excluding tert-OH is 1. The zero-order chi connectivity index (χ0) is 24.7. The predicted octanol–water partition coefficient (Wildman–Crippen LogP) is 2.62. The Kier molecular flexibility index (Phi) is 8.61. The van der Waals surface area contributed by atoms with Crippen molar-refractivity contribution in [1.82, 2.24) is 19.8 Å². The maximum absolute atomic E-state index is 13.4. The normalized spacial score (nSPS) is 18.5. The first-order valence-electron chi connectivity index (χ1n) is 11.6. The van der Waals surface area contributed by atoms with E-state index >= 15 is 0 Å². The summed E-state index contributed by atoms with van der Waals surface area (Å²) < 4.78 is 6.24. The van der Waals surface area contributed by atoms with Crippen LogP contribution in [0.5, 0.6) is 5.88 Å². The van der Waals surface area contributed by atoms with Gasteiger partial charge in [0.2, 0.25) is 5.88 Å². The van der Waals surface area contributed by atoms with E-state index in [0.29, 0.717) is 29.8 Å². The molecule has 3 heterocycles. The van der Waals surface area contributed by atoms with Crippen molar-refractivity contribution in [2.75, 3.05) is 26.7 Å². The van der Waals surface area contributed by atoms with Crippen LogP contribution in [0.3, 0.4) is 0 Å². The Balaban J connectivity index is 1.93. The molecule has 8 nitrogen and oxygen atoms in total. The van der Waals surface area contributed by atoms with E-state index < -0.39 is 6.10 Å². The SMILES string of the molecule is CCCC#Cc1cnc2c(c1)C(=O)N([C@H](C)CO)C[C@H](C)[C@H](CN(C)C(=O)c1cccnc1)O2. The summed E-state index contributed by atoms with van der Waals surface area (Å²) in [7, 11) is 1.71. The molecular formula is C26H32N4O4. The number of rotatable bonds is 6. The number of hydrogen-bond acceptors (Lipinski definition) is 6. The highest BCUT2D eigenvalue weighted by molar-refractivity contribution is 5.97. The number of ether oxygens (including phenoxy) is 1. The monoisotopic (exact) mass is 464 g/mol. The minimum atomic E-state index is -0.421. The van der Waals surface area contributed by atoms with Gasteiger partial charge in [-0.25, -0.2) is 4.98 Å². The molecule has 2 aromatic rings. The molecule has 0 spiro atoms. The molecule has 2 amide bonds. The van der Waals surface area contributed by atoms with Crippen molar-refractivity contribution in [3.63, 3.8) is 0 Å². The molecule has 0 fully saturated rings. The highest BCUT2D eigenvalue weighted by atomic mass is 16.5. The number of aromatic nitrogens is 2. The van der Waals surface area contributed by atoms with Crippen LogP contribution in [0.15, 0.2) is 36.8 Å². The highest BCUT2D eigenvalue weighted by Crippen LogP contribution is 2.27. The van der Waals surface area contributed by atoms with Crippen molar-refractivity contribution in [2.24, 2.45) is 5.92 Å². The van der Waals surface area contributed by atoms with Crippen molar-refractivity contribution < 1.29 is 19.4 Å². The molecule has 2 aromatic heterocycles. The summed E-state index contributed by atoms with van der Waals surface area (Å²) in [4.78, 5) is 38.0. The van der Waals surface area contributed by atoms with E-state index in [1.54, 1.807) is 54.4 Å². The fourth-order valence-electron chi connectivity index (χ4n) is 3.74. The number of likely N-dealkylation sites (N-methyl/N-ethyl adjacent to an activating group) is 1. The molecule has 0 bridgehead atoms. The van der Waals surface area contributed by atoms with Crippen LogP contribution in [-0.2, 0) is 0 Å². The van der Waals surface area contributed by atoms with Crippen LogP contribution < -0.4 is 4.74 Å². The second-order valence-electron chi connectivity index (χ2n) is 8.68. The first kappa shape index (κ1) is 25.2. The number of carbonyl (C=O) groups is 2. The number of unbranched alkanes of at least 4 members (excludes halogenated alkanes) is 1. The zero-order valence-electron chi connectivity index (χ0n) is 20.2. The maximum Gasteiger partial charge on any atom is 0.259 e. The van der Waals surface area contributed by atoms with Crippen LogP contribution in [0.25, 0.3) is 0 Å². The third kappa shape index (κ3) is 5.91. The summed E-state index contributed by atoms with van der Waals surface area (Å²) in [5, 5.41) is 9.79. The van der Waals surface area contributed by atoms with Gasteiger partial charge in [-0.2, -0.15) is 0 Å². The van der Waals surface area contributed by atoms with Crippen LogP contribution in [0.4, 0.5) is 0 Å². The fourth-order valence-corrected chi connectivity index (χ4v) is 3.74. The summed E-state index contributed by atoms with van der Waals surface area (Å²) in [6, 6.07) is 4.75. The second-order valence-corrected chi connectivity index (χ2v) is 8.68. The minimum Gasteiger partial charge on any atom is -0.472 e. The quantitative estimate of drug-likeness (QED) is 0.661. The van der Waals surface area contributed by atoms with Crippen molar-refractivity contribution in [3.05, 3.63) is 53.5 Å². The molecule has 3 atom stereocenters. The zero-order valence-corrected chi connectivity index (χ0v) is 20.2. The second kappa shape index (κ2) is 11.6. The summed E-state index contributed by atoms with van der Waals surface area (Å²) in [5.41, 5.74) is 1.43. The van der Waals surface area contributed by atoms with Gasteiger partial charge < -0.3 is 19.6 Å². The summed E-state index contributed by atoms with van der Waals surface area (Å²) in [6.07, 6.45) is 6.03. The van der Waals surface area contributed by atoms with Crippen molar-refractivity contribution in [2.45, 2.75) is 45.8 Å². The molecule has 1 aliphatic rings. The van der Waals surface area contributed by atoms with E-state index in [9.17, 15) is 14.7 Å². The lowest BCUT2D eigenvalue weighted by molar-refractivity contribution is 0.0313. The number of hydrogen-bond donors (Lipinski definition) is 1. The lowest BCUT2D eigenvalue weighted by Crippen LogP contribution is -2.50. The number of pyridine rings is 2. The van der Waals surface area contributed by atoms with Crippen molar-refractivity contribution >= 4 is 11.8 Å². The van der Waals surface area contributed by atoms with Crippen LogP contribution in [0.1, 0.15) is 59.9 Å². The van der Waals surface area contributed by atoms with Gasteiger partial charge in [-0.15, -0.1) is 0 Å². The van der Waals surface area contributed by atoms with Crippen LogP contribution in [-0.4, -0.2) is 75.6 Å². The van der Waals surface area contributed by atoms with Crippen LogP contribution in [0.2, 0.25) is 0 Å². The molecule has 0 unspecified atom stereocenters. The largest absolute Gasteiger partial charge is 0.472 e. The van der Waals surface area contributed by atoms with E-state index in [4.69, 9.17) is 4.74 Å². The van der Waals surface area contributed by atoms with Gasteiger partial charge >= 0.3 is 0 Å². The number of fused-ring (bicyclic) bond motifs is 1. The third-order valence-corrected chi connectivity index (χ3v) is 5.84. The van der Waals surface area contributed by atoms with Gasteiger partial charge in [-0.1, -0.05) is 25.7 Å². The molecular weight excluding hydrogens is 432 g/mol. The summed E-state index contributed by atoms with van der Waals surface area (Å²) in [6.45, 7) is 6.32. The minimum absolute atomic E-state index is 0.124. The Bertz CT molecular complexity index is 1060. The Morgan fingerprint density at radius 3 is 2.88 bits per heavy atom. The Morgan fingerprint density at radius 2 is 2.21 bits per heavy atom. The molecule has 0 radical (unpaired) electrons. The average Bonchev–Trinajstić information content (AvgIpc) is 2.86. The fraction of sp³-hybridized carbons (Fsp3) is 0.462. The number of nitrogens with zero attached hydrogens (tertiary/aromatic N) is 4. The standard InChI is InChI=1S/C26H32N4O4/c1-5-6-7-9-20-12-22-24(28-13-20)34-23(18(2)15-30(26(22)33)19(3)17-31)16-29(4)25(32)21-10-8-11-27-14-21/h8,10-14,18-19,23,31H,5-6,15-17H2,1-4H3/t18-,19+,23-/m0/s1. The van der Waals surface area contributed by atoms with E-state index in [0.717, 1.165) is 12.8 Å². The molecule has 0 aliphatic carbocycles. The molecule has 1 N–H and O–H groups in total. The molecule has 34 heavy (non-hydrogen) atoms. The lowest BCUT2D eigenvalue weighted by atomic mass is 9.99. The van der Waals surface area contributed by atoms with E-state index in [-0.39, 0.29) is 36.3 Å². The molecule has 8 heteroatoms. The number of amides is 2. The lowest BCUT2D eigenvalue weighted by Gasteiger charge is -2.37. The Labute approximate surface area is 201 Å². The molecule has 3 rings (SSSR count). The van der Waals surface area contributed by atoms with Gasteiger partial charge in [0.05, 0.1) is 24.8 Å². The summed E-state index contributed by atoms with van der Waals surface area (Å²) in [5.74, 6) is 5.78. The summed E-state index contributed by atoms with van der Waals surface area (Å²) >= 11 is 0. The Hall–Kier alpha value is -3.44. The molecule has 0 saturated carbocycles. The van der Waals surface area contributed by atoms with Gasteiger partial charge in [-0.05, 0) is 31.5 Å². The van der Waals surface area contributed by atoms with E-state index in [2.05, 4.69) is 28.7 Å². The van der Waals surface area contributed by atoms with Gasteiger partial charge in [0.1, 0.15) is 11.7 Å². The van der Waals surface area contributed by atoms with E-state index in [1.165, 1.54) is 6.20 Å². The topological polar surface area (TPSA) is 95.9 Å². The molecule has 1 aliphatic heterocycles. The molecule has 0 saturated heterocycles. The number of aliphatic hydroxyl groups is 1. The van der Waals surface area contributed by atoms with Crippen molar-refractivity contribution in [1.29, 1.82) is 0 Å². The number of carbonyl (C=O) groups excluding carboxylic acids is 2. The maximum atomic E-state index is 13.4. The molecule has 180 valence electrons. The third-order valence-electron chi connectivity index (χ3n) is 5.84. The van der Waals surface area contributed by atoms with E-state index in [1.807, 2.05) is 6.92 Å². The van der Waals surface area contributed by atoms with Crippen LogP contribution in [0, 0.1) is 17.8 Å². The first-order valence-corrected chi connectivity index (χ1v) is 11.6. The van der Waals surface area contributed by atoms with Gasteiger partial charge in [0.25, 0.3) is 11.8 Å².